The molecule has 6 rings (SSSR count). The molecule has 0 spiro atoms. The van der Waals surface area contributed by atoms with Gasteiger partial charge in [-0.05, 0) is 75.0 Å². The highest BCUT2D eigenvalue weighted by Crippen LogP contribution is 2.47. The average molecular weight is 586 g/mol. The number of allylic oxidation sites excluding steroid dienone is 3. The van der Waals surface area contributed by atoms with Gasteiger partial charge >= 0.3 is 0 Å². The summed E-state index contributed by atoms with van der Waals surface area (Å²) in [5.41, 5.74) is 7.00. The zero-order chi connectivity index (χ0) is 30.8. The quantitative estimate of drug-likeness (QED) is 0.199. The van der Waals surface area contributed by atoms with E-state index in [0.717, 1.165) is 44.5 Å². The van der Waals surface area contributed by atoms with E-state index in [2.05, 4.69) is 78.6 Å². The molecular weight excluding hydrogens is 550 g/mol. The maximum Gasteiger partial charge on any atom is 0.256 e. The van der Waals surface area contributed by atoms with Gasteiger partial charge in [-0.2, -0.15) is 0 Å². The van der Waals surface area contributed by atoms with E-state index < -0.39 is 0 Å². The van der Waals surface area contributed by atoms with E-state index in [1.807, 2.05) is 30.3 Å². The minimum Gasteiger partial charge on any atom is -0.497 e. The van der Waals surface area contributed by atoms with Gasteiger partial charge in [0, 0.05) is 5.69 Å². The fourth-order valence-electron chi connectivity index (χ4n) is 6.23. The van der Waals surface area contributed by atoms with Crippen LogP contribution in [0, 0.1) is 5.92 Å². The van der Waals surface area contributed by atoms with Gasteiger partial charge in [-0.1, -0.05) is 79.7 Å². The summed E-state index contributed by atoms with van der Waals surface area (Å²) >= 11 is 0. The Balaban J connectivity index is 1.54. The lowest BCUT2D eigenvalue weighted by Gasteiger charge is -2.33. The smallest absolute Gasteiger partial charge is 0.256 e. The van der Waals surface area contributed by atoms with Gasteiger partial charge in [-0.3, -0.25) is 4.79 Å². The standard InChI is InChI=1S/C38H35NO5/c1-23-30(32-19-28-20-33(41-2)34(42-3)22-31(28)38(40)39-32)21-35(43-4)37(44-5)36(23)29-17-26(24-12-8-6-9-13-24)16-27(18-29)25-14-10-7-11-15-25/h6-23,36H,1-5H3,(H,39,40). The van der Waals surface area contributed by atoms with Gasteiger partial charge in [0.2, 0.25) is 0 Å². The van der Waals surface area contributed by atoms with Crippen LogP contribution in [0.3, 0.4) is 0 Å². The second-order valence-corrected chi connectivity index (χ2v) is 10.9. The first kappa shape index (κ1) is 28.9. The molecule has 0 saturated heterocycles. The van der Waals surface area contributed by atoms with Crippen molar-refractivity contribution in [3.8, 4) is 33.8 Å². The number of nitrogens with one attached hydrogen (secondary N) is 1. The third kappa shape index (κ3) is 5.24. The molecule has 6 heteroatoms. The molecule has 6 nitrogen and oxygen atoms in total. The van der Waals surface area contributed by atoms with Crippen LogP contribution in [0.15, 0.2) is 119 Å². The summed E-state index contributed by atoms with van der Waals surface area (Å²) in [5, 5.41) is 1.28. The Morgan fingerprint density at radius 2 is 1.23 bits per heavy atom. The summed E-state index contributed by atoms with van der Waals surface area (Å²) in [6.07, 6.45) is 1.97. The highest BCUT2D eigenvalue weighted by Gasteiger charge is 2.35. The van der Waals surface area contributed by atoms with Crippen LogP contribution in [0.2, 0.25) is 0 Å². The van der Waals surface area contributed by atoms with Crippen LogP contribution >= 0.6 is 0 Å². The second-order valence-electron chi connectivity index (χ2n) is 10.9. The first-order valence-corrected chi connectivity index (χ1v) is 14.5. The fraction of sp³-hybridized carbons (Fsp3) is 0.184. The number of fused-ring (bicyclic) bond motifs is 1. The maximum absolute atomic E-state index is 13.4. The van der Waals surface area contributed by atoms with Crippen molar-refractivity contribution >= 4 is 16.3 Å². The molecule has 0 bridgehead atoms. The Labute approximate surface area is 257 Å². The number of pyridine rings is 1. The van der Waals surface area contributed by atoms with Crippen molar-refractivity contribution in [1.29, 1.82) is 0 Å². The van der Waals surface area contributed by atoms with Gasteiger partial charge in [0.25, 0.3) is 5.56 Å². The molecule has 1 aromatic heterocycles. The largest absolute Gasteiger partial charge is 0.497 e. The highest BCUT2D eigenvalue weighted by atomic mass is 16.5. The highest BCUT2D eigenvalue weighted by molar-refractivity contribution is 5.88. The predicted octanol–water partition coefficient (Wildman–Crippen LogP) is 8.20. The lowest BCUT2D eigenvalue weighted by molar-refractivity contribution is 0.201. The SMILES string of the molecule is COC1=C(OC)C(c2cc(-c3ccccc3)cc(-c3ccccc3)c2)C(C)C(c2cc3cc(OC)c(OC)cc3c(=O)[nH]2)=C1. The Hall–Kier alpha value is -5.23. The lowest BCUT2D eigenvalue weighted by Crippen LogP contribution is -2.23. The van der Waals surface area contributed by atoms with Crippen LogP contribution in [0.4, 0.5) is 0 Å². The summed E-state index contributed by atoms with van der Waals surface area (Å²) in [7, 11) is 6.47. The second kappa shape index (κ2) is 12.2. The zero-order valence-electron chi connectivity index (χ0n) is 25.5. The molecule has 222 valence electrons. The molecule has 1 aliphatic carbocycles. The monoisotopic (exact) mass is 585 g/mol. The summed E-state index contributed by atoms with van der Waals surface area (Å²) in [6.45, 7) is 2.16. The molecule has 0 fully saturated rings. The molecule has 0 saturated carbocycles. The molecule has 2 atom stereocenters. The van der Waals surface area contributed by atoms with Crippen LogP contribution in [0.25, 0.3) is 38.6 Å². The predicted molar refractivity (Wildman–Crippen MR) is 176 cm³/mol. The fourth-order valence-corrected chi connectivity index (χ4v) is 6.23. The number of hydrogen-bond acceptors (Lipinski definition) is 5. The van der Waals surface area contributed by atoms with Crippen LogP contribution in [0.1, 0.15) is 24.1 Å². The van der Waals surface area contributed by atoms with Crippen molar-refractivity contribution in [2.24, 2.45) is 5.92 Å². The maximum atomic E-state index is 13.4. The van der Waals surface area contributed by atoms with Crippen molar-refractivity contribution in [3.05, 3.63) is 136 Å². The molecule has 0 aliphatic heterocycles. The first-order valence-electron chi connectivity index (χ1n) is 14.5. The Morgan fingerprint density at radius 3 is 1.77 bits per heavy atom. The molecule has 44 heavy (non-hydrogen) atoms. The van der Waals surface area contributed by atoms with E-state index >= 15 is 0 Å². The van der Waals surface area contributed by atoms with Gasteiger partial charge in [-0.25, -0.2) is 0 Å². The number of ether oxygens (including phenoxy) is 4. The van der Waals surface area contributed by atoms with Crippen molar-refractivity contribution in [2.75, 3.05) is 28.4 Å². The third-order valence-corrected chi connectivity index (χ3v) is 8.43. The van der Waals surface area contributed by atoms with Gasteiger partial charge in [0.1, 0.15) is 5.76 Å². The summed E-state index contributed by atoms with van der Waals surface area (Å²) in [4.78, 5) is 16.5. The first-order chi connectivity index (χ1) is 21.4. The molecule has 0 radical (unpaired) electrons. The molecule has 2 unspecified atom stereocenters. The molecule has 0 amide bonds. The molecular formula is C38H35NO5. The van der Waals surface area contributed by atoms with Gasteiger partial charge in [0.15, 0.2) is 17.3 Å². The lowest BCUT2D eigenvalue weighted by atomic mass is 9.75. The Morgan fingerprint density at radius 1 is 0.636 bits per heavy atom. The molecule has 5 aromatic rings. The van der Waals surface area contributed by atoms with Crippen molar-refractivity contribution < 1.29 is 18.9 Å². The Bertz CT molecular complexity index is 1880. The van der Waals surface area contributed by atoms with E-state index in [9.17, 15) is 4.79 Å². The molecule has 4 aromatic carbocycles. The number of hydrogen-bond donors (Lipinski definition) is 1. The number of aromatic amines is 1. The van der Waals surface area contributed by atoms with Gasteiger partial charge in [0.05, 0.1) is 39.7 Å². The number of H-pyrrole nitrogens is 1. The van der Waals surface area contributed by atoms with E-state index in [-0.39, 0.29) is 17.4 Å². The van der Waals surface area contributed by atoms with Crippen LogP contribution < -0.4 is 15.0 Å². The zero-order valence-corrected chi connectivity index (χ0v) is 25.5. The minimum atomic E-state index is -0.207. The molecule has 1 aliphatic rings. The van der Waals surface area contributed by atoms with Crippen LogP contribution in [-0.2, 0) is 9.47 Å². The van der Waals surface area contributed by atoms with E-state index in [0.29, 0.717) is 28.3 Å². The molecule has 1 N–H and O–H groups in total. The van der Waals surface area contributed by atoms with Crippen molar-refractivity contribution in [1.82, 2.24) is 4.98 Å². The van der Waals surface area contributed by atoms with Crippen LogP contribution in [-0.4, -0.2) is 33.4 Å². The van der Waals surface area contributed by atoms with E-state index in [1.54, 1.807) is 34.5 Å². The summed E-state index contributed by atoms with van der Waals surface area (Å²) < 4.78 is 22.9. The van der Waals surface area contributed by atoms with Crippen molar-refractivity contribution in [3.63, 3.8) is 0 Å². The van der Waals surface area contributed by atoms with E-state index in [4.69, 9.17) is 18.9 Å². The van der Waals surface area contributed by atoms with Crippen LogP contribution in [0.5, 0.6) is 11.5 Å². The van der Waals surface area contributed by atoms with Gasteiger partial charge < -0.3 is 23.9 Å². The van der Waals surface area contributed by atoms with Gasteiger partial charge in [-0.15, -0.1) is 0 Å². The Kier molecular flexibility index (Phi) is 7.99. The summed E-state index contributed by atoms with van der Waals surface area (Å²) in [6, 6.07) is 33.0. The number of aromatic nitrogens is 1. The number of methoxy groups -OCH3 is 4. The average Bonchev–Trinajstić information content (AvgIpc) is 3.07. The number of benzene rings is 4. The third-order valence-electron chi connectivity index (χ3n) is 8.43. The van der Waals surface area contributed by atoms with Crippen molar-refractivity contribution in [2.45, 2.75) is 12.8 Å². The normalized spacial score (nSPS) is 16.4. The topological polar surface area (TPSA) is 69.8 Å². The van der Waals surface area contributed by atoms with E-state index in [1.165, 1.54) is 0 Å². The number of rotatable bonds is 8. The molecule has 1 heterocycles. The summed E-state index contributed by atoms with van der Waals surface area (Å²) in [5.74, 6) is 2.15. The minimum absolute atomic E-state index is 0.0771.